The van der Waals surface area contributed by atoms with E-state index in [1.807, 2.05) is 37.3 Å². The monoisotopic (exact) mass is 245 g/mol. The summed E-state index contributed by atoms with van der Waals surface area (Å²) in [7, 11) is 0. The summed E-state index contributed by atoms with van der Waals surface area (Å²) < 4.78 is 0. The number of carboxylic acids is 1. The van der Waals surface area contributed by atoms with Crippen LogP contribution in [-0.4, -0.2) is 28.4 Å². The number of aliphatic carboxylic acids is 1. The minimum atomic E-state index is -1.09. The van der Waals surface area contributed by atoms with Crippen LogP contribution in [0.15, 0.2) is 30.3 Å². The van der Waals surface area contributed by atoms with Gasteiger partial charge >= 0.3 is 5.97 Å². The molecule has 0 aromatic heterocycles. The number of hydrogen-bond acceptors (Lipinski definition) is 2. The summed E-state index contributed by atoms with van der Waals surface area (Å²) in [5.74, 6) is -1.16. The van der Waals surface area contributed by atoms with Crippen molar-refractivity contribution in [2.75, 3.05) is 6.54 Å². The molecular formula is C14H15NO3. The van der Waals surface area contributed by atoms with E-state index in [9.17, 15) is 14.7 Å². The highest BCUT2D eigenvalue weighted by atomic mass is 16.4. The number of benzene rings is 1. The molecule has 0 spiro atoms. The Morgan fingerprint density at radius 2 is 2.11 bits per heavy atom. The van der Waals surface area contributed by atoms with E-state index in [0.717, 1.165) is 5.56 Å². The van der Waals surface area contributed by atoms with E-state index in [2.05, 4.69) is 0 Å². The smallest absolute Gasteiger partial charge is 0.319 e. The molecule has 1 heterocycles. The summed E-state index contributed by atoms with van der Waals surface area (Å²) >= 11 is 0. The number of rotatable bonds is 3. The van der Waals surface area contributed by atoms with Gasteiger partial charge in [-0.25, -0.2) is 0 Å². The van der Waals surface area contributed by atoms with Gasteiger partial charge < -0.3 is 10.0 Å². The maximum absolute atomic E-state index is 12.3. The Labute approximate surface area is 105 Å². The van der Waals surface area contributed by atoms with Crippen molar-refractivity contribution in [2.24, 2.45) is 11.3 Å². The molecule has 2 aliphatic rings. The van der Waals surface area contributed by atoms with E-state index in [1.54, 1.807) is 4.90 Å². The first kappa shape index (κ1) is 11.3. The lowest BCUT2D eigenvalue weighted by atomic mass is 10.0. The van der Waals surface area contributed by atoms with Crippen molar-refractivity contribution in [1.29, 1.82) is 0 Å². The molecule has 94 valence electrons. The normalized spacial score (nSPS) is 31.1. The second-order valence-electron chi connectivity index (χ2n) is 5.22. The van der Waals surface area contributed by atoms with Gasteiger partial charge in [-0.1, -0.05) is 30.3 Å². The highest BCUT2D eigenvalue weighted by Gasteiger charge is 2.72. The van der Waals surface area contributed by atoms with Crippen LogP contribution in [0.5, 0.6) is 0 Å². The highest BCUT2D eigenvalue weighted by Crippen LogP contribution is 2.60. The first-order valence-corrected chi connectivity index (χ1v) is 6.17. The van der Waals surface area contributed by atoms with E-state index in [1.165, 1.54) is 0 Å². The number of carboxylic acid groups (broad SMARTS) is 1. The summed E-state index contributed by atoms with van der Waals surface area (Å²) in [5, 5.41) is 9.21. The van der Waals surface area contributed by atoms with E-state index in [0.29, 0.717) is 13.0 Å². The molecule has 1 aromatic carbocycles. The number of piperidine rings is 1. The quantitative estimate of drug-likeness (QED) is 0.824. The third-order valence-electron chi connectivity index (χ3n) is 4.30. The number of carbonyl (C=O) groups is 2. The van der Waals surface area contributed by atoms with Crippen molar-refractivity contribution in [1.82, 2.24) is 4.90 Å². The van der Waals surface area contributed by atoms with Crippen LogP contribution in [0.1, 0.15) is 24.9 Å². The Morgan fingerprint density at radius 1 is 1.44 bits per heavy atom. The third-order valence-corrected chi connectivity index (χ3v) is 4.30. The van der Waals surface area contributed by atoms with E-state index in [-0.39, 0.29) is 17.9 Å². The molecular weight excluding hydrogens is 230 g/mol. The minimum Gasteiger partial charge on any atom is -0.480 e. The second kappa shape index (κ2) is 3.57. The van der Waals surface area contributed by atoms with Gasteiger partial charge in [0.2, 0.25) is 5.91 Å². The zero-order valence-corrected chi connectivity index (χ0v) is 10.2. The van der Waals surface area contributed by atoms with Crippen molar-refractivity contribution in [2.45, 2.75) is 19.4 Å². The second-order valence-corrected chi connectivity index (χ2v) is 5.22. The summed E-state index contributed by atoms with van der Waals surface area (Å²) in [6.07, 6.45) is 0.513. The molecule has 1 amide bonds. The van der Waals surface area contributed by atoms with Crippen LogP contribution in [0.3, 0.4) is 0 Å². The van der Waals surface area contributed by atoms with Gasteiger partial charge in [0.1, 0.15) is 0 Å². The zero-order chi connectivity index (χ0) is 12.9. The first-order valence-electron chi connectivity index (χ1n) is 6.17. The Balaban J connectivity index is 1.85. The fourth-order valence-corrected chi connectivity index (χ4v) is 2.99. The van der Waals surface area contributed by atoms with Gasteiger partial charge in [0.15, 0.2) is 5.41 Å². The largest absolute Gasteiger partial charge is 0.480 e. The number of carbonyl (C=O) groups excluding carboxylic acids is 1. The van der Waals surface area contributed by atoms with Crippen LogP contribution in [0.4, 0.5) is 0 Å². The van der Waals surface area contributed by atoms with Crippen molar-refractivity contribution in [3.63, 3.8) is 0 Å². The van der Waals surface area contributed by atoms with E-state index >= 15 is 0 Å². The topological polar surface area (TPSA) is 57.6 Å². The molecule has 1 aromatic rings. The van der Waals surface area contributed by atoms with Gasteiger partial charge in [-0.3, -0.25) is 9.59 Å². The highest BCUT2D eigenvalue weighted by molar-refractivity contribution is 6.07. The Hall–Kier alpha value is -1.84. The molecule has 3 atom stereocenters. The van der Waals surface area contributed by atoms with Crippen LogP contribution >= 0.6 is 0 Å². The number of nitrogens with zero attached hydrogens (tertiary/aromatic N) is 1. The lowest BCUT2D eigenvalue weighted by molar-refractivity contribution is -0.151. The molecule has 1 saturated carbocycles. The van der Waals surface area contributed by atoms with Crippen LogP contribution in [0.2, 0.25) is 0 Å². The molecule has 0 bridgehead atoms. The minimum absolute atomic E-state index is 0.00802. The lowest BCUT2D eigenvalue weighted by Crippen LogP contribution is -2.37. The summed E-state index contributed by atoms with van der Waals surface area (Å²) in [5.41, 5.74) is -0.0454. The fraction of sp³-hybridized carbons (Fsp3) is 0.429. The molecule has 4 nitrogen and oxygen atoms in total. The standard InChI is InChI=1S/C14H15NO3/c1-9(10-5-3-2-4-6-10)15-8-11-7-14(11,12(15)16)13(17)18/h2-6,9,11H,7-8H2,1H3,(H,17,18)/t9-,11-,14+/m0/s1. The Kier molecular flexibility index (Phi) is 2.24. The first-order chi connectivity index (χ1) is 8.57. The molecule has 2 fully saturated rings. The number of hydrogen-bond donors (Lipinski definition) is 1. The Bertz CT molecular complexity index is 513. The van der Waals surface area contributed by atoms with Gasteiger partial charge in [0.05, 0.1) is 6.04 Å². The van der Waals surface area contributed by atoms with Crippen LogP contribution in [0.25, 0.3) is 0 Å². The Morgan fingerprint density at radius 3 is 2.67 bits per heavy atom. The van der Waals surface area contributed by atoms with Gasteiger partial charge in [-0.2, -0.15) is 0 Å². The average molecular weight is 245 g/mol. The van der Waals surface area contributed by atoms with Gasteiger partial charge in [-0.15, -0.1) is 0 Å². The van der Waals surface area contributed by atoms with Crippen LogP contribution in [-0.2, 0) is 9.59 Å². The van der Waals surface area contributed by atoms with Crippen LogP contribution in [0, 0.1) is 11.3 Å². The molecule has 4 heteroatoms. The van der Waals surface area contributed by atoms with Crippen molar-refractivity contribution >= 4 is 11.9 Å². The number of amides is 1. The van der Waals surface area contributed by atoms with Crippen molar-refractivity contribution in [3.8, 4) is 0 Å². The van der Waals surface area contributed by atoms with Crippen molar-refractivity contribution in [3.05, 3.63) is 35.9 Å². The van der Waals surface area contributed by atoms with E-state index < -0.39 is 11.4 Å². The molecule has 0 radical (unpaired) electrons. The van der Waals surface area contributed by atoms with Gasteiger partial charge in [-0.05, 0) is 18.9 Å². The van der Waals surface area contributed by atoms with Crippen LogP contribution < -0.4 is 0 Å². The maximum Gasteiger partial charge on any atom is 0.319 e. The summed E-state index contributed by atoms with van der Waals surface area (Å²) in [6, 6.07) is 9.67. The molecule has 1 saturated heterocycles. The summed E-state index contributed by atoms with van der Waals surface area (Å²) in [4.78, 5) is 25.2. The van der Waals surface area contributed by atoms with Gasteiger partial charge in [0, 0.05) is 12.5 Å². The third kappa shape index (κ3) is 1.32. The van der Waals surface area contributed by atoms with Crippen molar-refractivity contribution < 1.29 is 14.7 Å². The summed E-state index contributed by atoms with van der Waals surface area (Å²) in [6.45, 7) is 2.52. The van der Waals surface area contributed by atoms with Gasteiger partial charge in [0.25, 0.3) is 0 Å². The van der Waals surface area contributed by atoms with E-state index in [4.69, 9.17) is 0 Å². The molecule has 1 aliphatic heterocycles. The predicted octanol–water partition coefficient (Wildman–Crippen LogP) is 1.68. The lowest BCUT2D eigenvalue weighted by Gasteiger charge is -2.27. The fourth-order valence-electron chi connectivity index (χ4n) is 2.99. The number of fused-ring (bicyclic) bond motifs is 1. The SMILES string of the molecule is C[C@@H](c1ccccc1)N1C[C@@H]2C[C@]2(C(=O)O)C1=O. The average Bonchev–Trinajstić information content (AvgIpc) is 3.04. The zero-order valence-electron chi connectivity index (χ0n) is 10.2. The predicted molar refractivity (Wildman–Crippen MR) is 64.7 cm³/mol. The molecule has 0 unspecified atom stereocenters. The molecule has 1 N–H and O–H groups in total. The molecule has 1 aliphatic carbocycles. The maximum atomic E-state index is 12.3. The number of likely N-dealkylation sites (tertiary alicyclic amines) is 1. The molecule has 18 heavy (non-hydrogen) atoms. The molecule has 3 rings (SSSR count).